The van der Waals surface area contributed by atoms with Crippen LogP contribution in [0.3, 0.4) is 0 Å². The van der Waals surface area contributed by atoms with Gasteiger partial charge in [-0.05, 0) is 30.3 Å². The minimum Gasteiger partial charge on any atom is -0.398 e. The third-order valence-electron chi connectivity index (χ3n) is 2.56. The van der Waals surface area contributed by atoms with Crippen LogP contribution in [-0.4, -0.2) is 13.0 Å². The molecule has 0 spiro atoms. The number of hydrogen-bond acceptors (Lipinski definition) is 3. The van der Waals surface area contributed by atoms with Gasteiger partial charge in [-0.25, -0.2) is 4.39 Å². The standard InChI is InChI=1S/C14H13FN2OS/c1-17-14(18)9-6-7-11(16)13(8-9)19-12-5-3-2-4-10(12)15/h2-8H,16H2,1H3,(H,17,18). The zero-order chi connectivity index (χ0) is 13.8. The third kappa shape index (κ3) is 3.06. The molecule has 0 aliphatic rings. The molecule has 0 radical (unpaired) electrons. The highest BCUT2D eigenvalue weighted by atomic mass is 32.2. The summed E-state index contributed by atoms with van der Waals surface area (Å²) in [5.41, 5.74) is 6.86. The zero-order valence-corrected chi connectivity index (χ0v) is 11.1. The van der Waals surface area contributed by atoms with Crippen LogP contribution in [0.2, 0.25) is 0 Å². The molecule has 0 aliphatic heterocycles. The molecule has 2 aromatic rings. The van der Waals surface area contributed by atoms with Gasteiger partial charge in [0.2, 0.25) is 0 Å². The van der Waals surface area contributed by atoms with E-state index in [1.807, 2.05) is 0 Å². The molecule has 0 fully saturated rings. The van der Waals surface area contributed by atoms with E-state index < -0.39 is 0 Å². The number of hydrogen-bond donors (Lipinski definition) is 2. The Bertz CT molecular complexity index is 616. The molecule has 0 aliphatic carbocycles. The predicted molar refractivity (Wildman–Crippen MR) is 74.8 cm³/mol. The lowest BCUT2D eigenvalue weighted by Gasteiger charge is -2.08. The average molecular weight is 276 g/mol. The third-order valence-corrected chi connectivity index (χ3v) is 3.68. The van der Waals surface area contributed by atoms with E-state index in [-0.39, 0.29) is 11.7 Å². The summed E-state index contributed by atoms with van der Waals surface area (Å²) < 4.78 is 13.6. The van der Waals surface area contributed by atoms with E-state index >= 15 is 0 Å². The lowest BCUT2D eigenvalue weighted by molar-refractivity contribution is 0.0963. The maximum Gasteiger partial charge on any atom is 0.251 e. The Morgan fingerprint density at radius 2 is 1.95 bits per heavy atom. The van der Waals surface area contributed by atoms with Gasteiger partial charge in [0.25, 0.3) is 5.91 Å². The number of nitrogens with one attached hydrogen (secondary N) is 1. The van der Waals surface area contributed by atoms with E-state index in [2.05, 4.69) is 5.32 Å². The summed E-state index contributed by atoms with van der Waals surface area (Å²) in [6, 6.07) is 11.4. The number of benzene rings is 2. The maximum atomic E-state index is 13.6. The van der Waals surface area contributed by atoms with Crippen molar-refractivity contribution in [3.8, 4) is 0 Å². The molecular formula is C14H13FN2OS. The molecule has 2 aromatic carbocycles. The lowest BCUT2D eigenvalue weighted by Crippen LogP contribution is -2.17. The molecule has 0 atom stereocenters. The van der Waals surface area contributed by atoms with Gasteiger partial charge in [-0.2, -0.15) is 0 Å². The summed E-state index contributed by atoms with van der Waals surface area (Å²) in [7, 11) is 1.56. The minimum atomic E-state index is -0.308. The Kier molecular flexibility index (Phi) is 4.06. The second-order valence-electron chi connectivity index (χ2n) is 3.86. The van der Waals surface area contributed by atoms with Crippen LogP contribution in [-0.2, 0) is 0 Å². The first-order valence-electron chi connectivity index (χ1n) is 5.66. The Hall–Kier alpha value is -2.01. The highest BCUT2D eigenvalue weighted by Gasteiger charge is 2.10. The van der Waals surface area contributed by atoms with E-state index in [0.717, 1.165) is 0 Å². The van der Waals surface area contributed by atoms with Crippen molar-refractivity contribution in [1.82, 2.24) is 5.32 Å². The highest BCUT2D eigenvalue weighted by Crippen LogP contribution is 2.34. The van der Waals surface area contributed by atoms with Crippen molar-refractivity contribution in [3.63, 3.8) is 0 Å². The molecule has 0 heterocycles. The Labute approximate surface area is 115 Å². The molecule has 0 bridgehead atoms. The number of anilines is 1. The number of carbonyl (C=O) groups excluding carboxylic acids is 1. The van der Waals surface area contributed by atoms with Crippen LogP contribution in [0.25, 0.3) is 0 Å². The second kappa shape index (κ2) is 5.75. The SMILES string of the molecule is CNC(=O)c1ccc(N)c(Sc2ccccc2F)c1. The first-order valence-corrected chi connectivity index (χ1v) is 6.47. The molecule has 3 N–H and O–H groups in total. The lowest BCUT2D eigenvalue weighted by atomic mass is 10.2. The Balaban J connectivity index is 2.34. The highest BCUT2D eigenvalue weighted by molar-refractivity contribution is 7.99. The van der Waals surface area contributed by atoms with E-state index in [4.69, 9.17) is 5.73 Å². The van der Waals surface area contributed by atoms with Crippen LogP contribution in [0.15, 0.2) is 52.3 Å². The number of nitrogen functional groups attached to an aromatic ring is 1. The topological polar surface area (TPSA) is 55.1 Å². The molecule has 0 saturated heterocycles. The maximum absolute atomic E-state index is 13.6. The molecule has 0 aromatic heterocycles. The van der Waals surface area contributed by atoms with Crippen molar-refractivity contribution in [1.29, 1.82) is 0 Å². The van der Waals surface area contributed by atoms with Crippen molar-refractivity contribution >= 4 is 23.4 Å². The van der Waals surface area contributed by atoms with Crippen LogP contribution in [0, 0.1) is 5.82 Å². The van der Waals surface area contributed by atoms with Gasteiger partial charge in [0.15, 0.2) is 0 Å². The van der Waals surface area contributed by atoms with Crippen LogP contribution < -0.4 is 11.1 Å². The molecule has 5 heteroatoms. The van der Waals surface area contributed by atoms with Gasteiger partial charge in [0, 0.05) is 28.1 Å². The Morgan fingerprint density at radius 1 is 1.21 bits per heavy atom. The number of halogens is 1. The number of amides is 1. The average Bonchev–Trinajstić information content (AvgIpc) is 2.42. The van der Waals surface area contributed by atoms with Crippen LogP contribution >= 0.6 is 11.8 Å². The monoisotopic (exact) mass is 276 g/mol. The van der Waals surface area contributed by atoms with Gasteiger partial charge in [0.1, 0.15) is 5.82 Å². The molecular weight excluding hydrogens is 263 g/mol. The molecule has 98 valence electrons. The molecule has 0 saturated carbocycles. The van der Waals surface area contributed by atoms with Crippen molar-refractivity contribution in [2.75, 3.05) is 12.8 Å². The number of carbonyl (C=O) groups is 1. The fourth-order valence-corrected chi connectivity index (χ4v) is 2.48. The summed E-state index contributed by atoms with van der Waals surface area (Å²) in [6.45, 7) is 0. The summed E-state index contributed by atoms with van der Waals surface area (Å²) >= 11 is 1.20. The molecule has 0 unspecified atom stereocenters. The van der Waals surface area contributed by atoms with Gasteiger partial charge in [-0.15, -0.1) is 0 Å². The van der Waals surface area contributed by atoms with Gasteiger partial charge in [-0.3, -0.25) is 4.79 Å². The summed E-state index contributed by atoms with van der Waals surface area (Å²) in [5.74, 6) is -0.507. The molecule has 19 heavy (non-hydrogen) atoms. The van der Waals surface area contributed by atoms with Crippen LogP contribution in [0.4, 0.5) is 10.1 Å². The van der Waals surface area contributed by atoms with Gasteiger partial charge >= 0.3 is 0 Å². The first kappa shape index (κ1) is 13.4. The van der Waals surface area contributed by atoms with Crippen molar-refractivity contribution in [2.45, 2.75) is 9.79 Å². The molecule has 2 rings (SSSR count). The van der Waals surface area contributed by atoms with E-state index in [0.29, 0.717) is 21.0 Å². The van der Waals surface area contributed by atoms with E-state index in [1.54, 1.807) is 43.4 Å². The van der Waals surface area contributed by atoms with E-state index in [9.17, 15) is 9.18 Å². The molecule has 1 amide bonds. The Morgan fingerprint density at radius 3 is 2.63 bits per heavy atom. The van der Waals surface area contributed by atoms with Gasteiger partial charge in [0.05, 0.1) is 0 Å². The smallest absolute Gasteiger partial charge is 0.251 e. The van der Waals surface area contributed by atoms with Crippen LogP contribution in [0.1, 0.15) is 10.4 Å². The fourth-order valence-electron chi connectivity index (χ4n) is 1.55. The normalized spacial score (nSPS) is 10.2. The van der Waals surface area contributed by atoms with Crippen molar-refractivity contribution in [2.24, 2.45) is 0 Å². The van der Waals surface area contributed by atoms with Gasteiger partial charge < -0.3 is 11.1 Å². The van der Waals surface area contributed by atoms with E-state index in [1.165, 1.54) is 17.8 Å². The zero-order valence-electron chi connectivity index (χ0n) is 10.3. The first-order chi connectivity index (χ1) is 9.11. The minimum absolute atomic E-state index is 0.199. The summed E-state index contributed by atoms with van der Waals surface area (Å²) in [6.07, 6.45) is 0. The van der Waals surface area contributed by atoms with Gasteiger partial charge in [-0.1, -0.05) is 23.9 Å². The predicted octanol–water partition coefficient (Wildman–Crippen LogP) is 2.92. The quantitative estimate of drug-likeness (QED) is 0.847. The largest absolute Gasteiger partial charge is 0.398 e. The van der Waals surface area contributed by atoms with Crippen LogP contribution in [0.5, 0.6) is 0 Å². The van der Waals surface area contributed by atoms with Crippen molar-refractivity contribution in [3.05, 3.63) is 53.8 Å². The van der Waals surface area contributed by atoms with Crippen molar-refractivity contribution < 1.29 is 9.18 Å². The fraction of sp³-hybridized carbons (Fsp3) is 0.0714. The number of rotatable bonds is 3. The number of nitrogens with two attached hydrogens (primary N) is 1. The summed E-state index contributed by atoms with van der Waals surface area (Å²) in [4.78, 5) is 12.7. The second-order valence-corrected chi connectivity index (χ2v) is 4.95. The molecule has 3 nitrogen and oxygen atoms in total. The summed E-state index contributed by atoms with van der Waals surface area (Å²) in [5, 5.41) is 2.54.